The van der Waals surface area contributed by atoms with Crippen LogP contribution in [0.3, 0.4) is 0 Å². The summed E-state index contributed by atoms with van der Waals surface area (Å²) < 4.78 is 1.91. The van der Waals surface area contributed by atoms with Gasteiger partial charge in [-0.3, -0.25) is 9.69 Å². The van der Waals surface area contributed by atoms with Crippen LogP contribution in [-0.4, -0.2) is 51.7 Å². The Morgan fingerprint density at radius 2 is 1.51 bits per heavy atom. The molecule has 1 aliphatic carbocycles. The van der Waals surface area contributed by atoms with Crippen molar-refractivity contribution >= 4 is 39.1 Å². The molecule has 3 aromatic carbocycles. The fraction of sp³-hybridized carbons (Fsp3) is 0.200. The minimum Gasteiger partial charge on any atom is -0.335 e. The molecule has 1 saturated heterocycles. The smallest absolute Gasteiger partial charge is 0.264 e. The molecule has 184 valence electrons. The van der Waals surface area contributed by atoms with E-state index >= 15 is 0 Å². The van der Waals surface area contributed by atoms with Crippen LogP contribution in [0.1, 0.15) is 32.5 Å². The lowest BCUT2D eigenvalue weighted by Gasteiger charge is -2.38. The zero-order chi connectivity index (χ0) is 25.1. The zero-order valence-corrected chi connectivity index (χ0v) is 22.0. The van der Waals surface area contributed by atoms with E-state index in [0.29, 0.717) is 5.02 Å². The number of thiophene rings is 1. The van der Waals surface area contributed by atoms with Crippen molar-refractivity contribution in [2.75, 3.05) is 26.2 Å². The van der Waals surface area contributed by atoms with E-state index < -0.39 is 0 Å². The first-order valence-corrected chi connectivity index (χ1v) is 13.7. The van der Waals surface area contributed by atoms with Crippen molar-refractivity contribution in [1.29, 1.82) is 0 Å². The van der Waals surface area contributed by atoms with E-state index in [0.717, 1.165) is 52.7 Å². The van der Waals surface area contributed by atoms with Gasteiger partial charge < -0.3 is 4.90 Å². The second-order valence-electron chi connectivity index (χ2n) is 9.71. The lowest BCUT2D eigenvalue weighted by molar-refractivity contribution is 0.0604. The molecule has 0 bridgehead atoms. The number of piperazine rings is 1. The highest BCUT2D eigenvalue weighted by Crippen LogP contribution is 2.46. The second-order valence-corrected chi connectivity index (χ2v) is 11.2. The molecule has 5 aromatic rings. The molecule has 2 aromatic heterocycles. The summed E-state index contributed by atoms with van der Waals surface area (Å²) in [7, 11) is 0. The second kappa shape index (κ2) is 8.84. The molecule has 2 aliphatic rings. The van der Waals surface area contributed by atoms with Crippen molar-refractivity contribution in [2.45, 2.75) is 13.0 Å². The van der Waals surface area contributed by atoms with Crippen LogP contribution in [0.4, 0.5) is 0 Å². The molecule has 0 radical (unpaired) electrons. The normalized spacial score (nSPS) is 15.8. The van der Waals surface area contributed by atoms with Crippen LogP contribution >= 0.6 is 22.9 Å². The van der Waals surface area contributed by atoms with Crippen LogP contribution in [0.15, 0.2) is 78.9 Å². The summed E-state index contributed by atoms with van der Waals surface area (Å²) in [6.07, 6.45) is 0. The molecule has 1 amide bonds. The third-order valence-electron chi connectivity index (χ3n) is 7.59. The van der Waals surface area contributed by atoms with E-state index in [-0.39, 0.29) is 11.9 Å². The Hall–Kier alpha value is -3.45. The molecule has 3 heterocycles. The molecule has 1 aliphatic heterocycles. The molecule has 37 heavy (non-hydrogen) atoms. The highest BCUT2D eigenvalue weighted by Gasteiger charge is 2.35. The average Bonchev–Trinajstić information content (AvgIpc) is 3.60. The van der Waals surface area contributed by atoms with Gasteiger partial charge in [0.15, 0.2) is 0 Å². The Morgan fingerprint density at radius 1 is 0.892 bits per heavy atom. The standard InChI is InChI=1S/C30H25ClN4OS/c1-19-26-18-27(37-30(26)35(32-19)21-12-10-20(31)11-13-21)29(36)34-16-14-33(15-17-34)28-24-8-4-2-6-22(24)23-7-3-5-9-25(23)28/h2-13,18,28H,14-17H2,1H3. The van der Waals surface area contributed by atoms with Gasteiger partial charge in [0, 0.05) is 36.6 Å². The summed E-state index contributed by atoms with van der Waals surface area (Å²) in [6, 6.07) is 27.3. The fourth-order valence-electron chi connectivity index (χ4n) is 5.77. The van der Waals surface area contributed by atoms with E-state index in [1.165, 1.54) is 33.6 Å². The molecule has 7 rings (SSSR count). The molecule has 5 nitrogen and oxygen atoms in total. The molecule has 7 heteroatoms. The van der Waals surface area contributed by atoms with Gasteiger partial charge in [-0.25, -0.2) is 4.68 Å². The van der Waals surface area contributed by atoms with E-state index in [2.05, 4.69) is 53.4 Å². The maximum Gasteiger partial charge on any atom is 0.264 e. The Bertz CT molecular complexity index is 1600. The summed E-state index contributed by atoms with van der Waals surface area (Å²) in [4.78, 5) is 19.9. The Morgan fingerprint density at radius 3 is 2.16 bits per heavy atom. The van der Waals surface area contributed by atoms with Crippen molar-refractivity contribution < 1.29 is 4.79 Å². The topological polar surface area (TPSA) is 41.4 Å². The van der Waals surface area contributed by atoms with Gasteiger partial charge in [-0.05, 0) is 59.5 Å². The number of hydrogen-bond donors (Lipinski definition) is 0. The number of hydrogen-bond acceptors (Lipinski definition) is 4. The average molecular weight is 525 g/mol. The number of halogens is 1. The van der Waals surface area contributed by atoms with Gasteiger partial charge in [-0.2, -0.15) is 5.10 Å². The Balaban J connectivity index is 1.12. The van der Waals surface area contributed by atoms with Crippen LogP contribution in [-0.2, 0) is 0 Å². The number of aryl methyl sites for hydroxylation is 1. The molecule has 0 N–H and O–H groups in total. The predicted octanol–water partition coefficient (Wildman–Crippen LogP) is 6.58. The van der Waals surface area contributed by atoms with E-state index in [4.69, 9.17) is 16.7 Å². The first-order valence-electron chi connectivity index (χ1n) is 12.5. The number of carbonyl (C=O) groups is 1. The third-order valence-corrected chi connectivity index (χ3v) is 8.94. The van der Waals surface area contributed by atoms with E-state index in [1.807, 2.05) is 46.8 Å². The summed E-state index contributed by atoms with van der Waals surface area (Å²) in [5, 5.41) is 6.42. The monoisotopic (exact) mass is 524 g/mol. The number of rotatable bonds is 3. The van der Waals surface area contributed by atoms with Crippen LogP contribution in [0.5, 0.6) is 0 Å². The van der Waals surface area contributed by atoms with Gasteiger partial charge in [-0.15, -0.1) is 11.3 Å². The van der Waals surface area contributed by atoms with Crippen molar-refractivity contribution in [2.24, 2.45) is 0 Å². The third kappa shape index (κ3) is 3.71. The number of benzene rings is 3. The minimum atomic E-state index is 0.107. The van der Waals surface area contributed by atoms with E-state index in [1.54, 1.807) is 0 Å². The summed E-state index contributed by atoms with van der Waals surface area (Å²) in [5.41, 5.74) is 7.26. The predicted molar refractivity (Wildman–Crippen MR) is 150 cm³/mol. The lowest BCUT2D eigenvalue weighted by Crippen LogP contribution is -2.49. The highest BCUT2D eigenvalue weighted by atomic mass is 35.5. The van der Waals surface area contributed by atoms with Gasteiger partial charge >= 0.3 is 0 Å². The van der Waals surface area contributed by atoms with Crippen LogP contribution in [0.25, 0.3) is 27.0 Å². The van der Waals surface area contributed by atoms with Gasteiger partial charge in [-0.1, -0.05) is 60.1 Å². The number of nitrogens with zero attached hydrogens (tertiary/aromatic N) is 4. The van der Waals surface area contributed by atoms with Crippen molar-refractivity contribution in [3.05, 3.63) is 106 Å². The maximum atomic E-state index is 13.6. The van der Waals surface area contributed by atoms with Gasteiger partial charge in [0.1, 0.15) is 4.83 Å². The first-order chi connectivity index (χ1) is 18.1. The number of fused-ring (bicyclic) bond motifs is 4. The summed E-state index contributed by atoms with van der Waals surface area (Å²) in [6.45, 7) is 5.13. The molecule has 0 saturated carbocycles. The number of aromatic nitrogens is 2. The van der Waals surface area contributed by atoms with Gasteiger partial charge in [0.05, 0.1) is 22.3 Å². The largest absolute Gasteiger partial charge is 0.335 e. The molecule has 0 unspecified atom stereocenters. The quantitative estimate of drug-likeness (QED) is 0.268. The Labute approximate surface area is 224 Å². The van der Waals surface area contributed by atoms with Crippen molar-refractivity contribution in [3.63, 3.8) is 0 Å². The molecular weight excluding hydrogens is 500 g/mol. The maximum absolute atomic E-state index is 13.6. The fourth-order valence-corrected chi connectivity index (χ4v) is 7.05. The SMILES string of the molecule is Cc1nn(-c2ccc(Cl)cc2)c2sc(C(=O)N3CCN(C4c5ccccc5-c5ccccc54)CC3)cc12. The zero-order valence-electron chi connectivity index (χ0n) is 20.4. The van der Waals surface area contributed by atoms with Crippen molar-refractivity contribution in [1.82, 2.24) is 19.6 Å². The molecule has 0 atom stereocenters. The van der Waals surface area contributed by atoms with Crippen molar-refractivity contribution in [3.8, 4) is 16.8 Å². The minimum absolute atomic E-state index is 0.107. The Kier molecular flexibility index (Phi) is 5.43. The van der Waals surface area contributed by atoms with Crippen LogP contribution < -0.4 is 0 Å². The molecule has 0 spiro atoms. The molecular formula is C30H25ClN4OS. The highest BCUT2D eigenvalue weighted by molar-refractivity contribution is 7.20. The van der Waals surface area contributed by atoms with Crippen LogP contribution in [0.2, 0.25) is 5.02 Å². The number of carbonyl (C=O) groups excluding carboxylic acids is 1. The van der Waals surface area contributed by atoms with Crippen LogP contribution in [0, 0.1) is 6.92 Å². The van der Waals surface area contributed by atoms with Gasteiger partial charge in [0.2, 0.25) is 0 Å². The molecule has 1 fully saturated rings. The lowest BCUT2D eigenvalue weighted by atomic mass is 10.0. The van der Waals surface area contributed by atoms with E-state index in [9.17, 15) is 4.79 Å². The van der Waals surface area contributed by atoms with Gasteiger partial charge in [0.25, 0.3) is 5.91 Å². The summed E-state index contributed by atoms with van der Waals surface area (Å²) >= 11 is 7.59. The number of amides is 1. The first kappa shape index (κ1) is 22.7. The summed E-state index contributed by atoms with van der Waals surface area (Å²) in [5.74, 6) is 0.107.